The number of fused-ring (bicyclic) bond motifs is 3. The fourth-order valence-corrected chi connectivity index (χ4v) is 3.88. The second-order valence-electron chi connectivity index (χ2n) is 8.67. The average Bonchev–Trinajstić information content (AvgIpc) is 2.64. The molecule has 1 aromatic carbocycles. The van der Waals surface area contributed by atoms with E-state index >= 15 is 0 Å². The zero-order valence-corrected chi connectivity index (χ0v) is 16.9. The monoisotopic (exact) mass is 396 g/mol. The first-order valence-corrected chi connectivity index (χ1v) is 9.51. The lowest BCUT2D eigenvalue weighted by Gasteiger charge is -2.34. The van der Waals surface area contributed by atoms with Crippen LogP contribution in [0.25, 0.3) is 22.8 Å². The summed E-state index contributed by atoms with van der Waals surface area (Å²) >= 11 is 0. The summed E-state index contributed by atoms with van der Waals surface area (Å²) in [6.07, 6.45) is 5.61. The standard InChI is InChI=1S/C23H24O6/c1-6-22(2,3)15-19-12(9-10-23(4,5)29-19)17(26)14-16(25)11-7-8-13(24)18(27)20(11)28-21(14)15/h6,9-10,24,26-27H,1,7-8H2,2-5H3. The Morgan fingerprint density at radius 2 is 1.90 bits per heavy atom. The van der Waals surface area contributed by atoms with E-state index in [0.717, 1.165) is 0 Å². The van der Waals surface area contributed by atoms with E-state index in [1.807, 2.05) is 33.8 Å². The van der Waals surface area contributed by atoms with Crippen LogP contribution in [0.15, 0.2) is 33.7 Å². The van der Waals surface area contributed by atoms with Crippen LogP contribution in [0.5, 0.6) is 11.5 Å². The number of benzene rings is 1. The van der Waals surface area contributed by atoms with E-state index < -0.39 is 22.2 Å². The van der Waals surface area contributed by atoms with E-state index in [0.29, 0.717) is 16.9 Å². The summed E-state index contributed by atoms with van der Waals surface area (Å²) in [5.41, 5.74) is -0.447. The first kappa shape index (κ1) is 19.2. The fourth-order valence-electron chi connectivity index (χ4n) is 3.88. The molecule has 0 amide bonds. The normalized spacial score (nSPS) is 17.7. The number of hydrogen-bond donors (Lipinski definition) is 3. The minimum absolute atomic E-state index is 0.0366. The van der Waals surface area contributed by atoms with E-state index in [4.69, 9.17) is 9.15 Å². The summed E-state index contributed by atoms with van der Waals surface area (Å²) in [6, 6.07) is 0. The van der Waals surface area contributed by atoms with Crippen molar-refractivity contribution >= 4 is 22.8 Å². The highest BCUT2D eigenvalue weighted by molar-refractivity contribution is 5.96. The molecule has 0 fully saturated rings. The number of aliphatic hydroxyl groups excluding tert-OH is 2. The van der Waals surface area contributed by atoms with Gasteiger partial charge in [-0.2, -0.15) is 0 Å². The molecular formula is C23H24O6. The highest BCUT2D eigenvalue weighted by Gasteiger charge is 2.37. The van der Waals surface area contributed by atoms with Gasteiger partial charge in [-0.25, -0.2) is 0 Å². The van der Waals surface area contributed by atoms with Crippen molar-refractivity contribution in [2.45, 2.75) is 51.6 Å². The average molecular weight is 396 g/mol. The zero-order chi connectivity index (χ0) is 21.3. The summed E-state index contributed by atoms with van der Waals surface area (Å²) < 4.78 is 12.2. The maximum Gasteiger partial charge on any atom is 0.200 e. The van der Waals surface area contributed by atoms with Crippen molar-refractivity contribution in [3.05, 3.63) is 57.2 Å². The molecule has 4 rings (SSSR count). The Morgan fingerprint density at radius 1 is 1.21 bits per heavy atom. The molecule has 29 heavy (non-hydrogen) atoms. The van der Waals surface area contributed by atoms with Gasteiger partial charge in [0.1, 0.15) is 33.8 Å². The second kappa shape index (κ2) is 5.92. The number of phenols is 1. The topological polar surface area (TPSA) is 100 Å². The van der Waals surface area contributed by atoms with Crippen molar-refractivity contribution in [3.8, 4) is 11.5 Å². The van der Waals surface area contributed by atoms with Gasteiger partial charge in [-0.1, -0.05) is 19.9 Å². The number of aromatic hydroxyl groups is 1. The molecule has 1 aromatic heterocycles. The van der Waals surface area contributed by atoms with Gasteiger partial charge in [0.25, 0.3) is 0 Å². The number of allylic oxidation sites excluding steroid dienone is 2. The van der Waals surface area contributed by atoms with E-state index in [1.54, 1.807) is 12.2 Å². The first-order chi connectivity index (χ1) is 13.5. The van der Waals surface area contributed by atoms with Gasteiger partial charge in [0.15, 0.2) is 16.9 Å². The van der Waals surface area contributed by atoms with Crippen molar-refractivity contribution in [1.29, 1.82) is 0 Å². The maximum absolute atomic E-state index is 13.3. The quantitative estimate of drug-likeness (QED) is 0.626. The smallest absolute Gasteiger partial charge is 0.200 e. The van der Waals surface area contributed by atoms with Gasteiger partial charge in [0, 0.05) is 23.0 Å². The SMILES string of the molecule is C=CC(C)(C)c1c2c(c(O)c3c(=O)c4c(oc13)C(O)=C(O)CC4)C=CC(C)(C)O2. The zero-order valence-electron chi connectivity index (χ0n) is 16.9. The van der Waals surface area contributed by atoms with Gasteiger partial charge in [0.2, 0.25) is 0 Å². The Hall–Kier alpha value is -3.15. The Kier molecular flexibility index (Phi) is 3.92. The van der Waals surface area contributed by atoms with Gasteiger partial charge in [0.05, 0.1) is 5.56 Å². The van der Waals surface area contributed by atoms with Crippen molar-refractivity contribution in [3.63, 3.8) is 0 Å². The largest absolute Gasteiger partial charge is 0.508 e. The Labute approximate surface area is 168 Å². The van der Waals surface area contributed by atoms with Crippen molar-refractivity contribution in [2.75, 3.05) is 0 Å². The Morgan fingerprint density at radius 3 is 2.55 bits per heavy atom. The molecule has 2 aromatic rings. The van der Waals surface area contributed by atoms with Crippen molar-refractivity contribution < 1.29 is 24.5 Å². The van der Waals surface area contributed by atoms with Gasteiger partial charge in [-0.05, 0) is 32.4 Å². The first-order valence-electron chi connectivity index (χ1n) is 9.51. The summed E-state index contributed by atoms with van der Waals surface area (Å²) in [6.45, 7) is 11.5. The number of aliphatic hydroxyl groups is 2. The van der Waals surface area contributed by atoms with Crippen LogP contribution in [0.2, 0.25) is 0 Å². The van der Waals surface area contributed by atoms with E-state index in [1.165, 1.54) is 0 Å². The van der Waals surface area contributed by atoms with Crippen LogP contribution in [0, 0.1) is 0 Å². The van der Waals surface area contributed by atoms with Crippen LogP contribution >= 0.6 is 0 Å². The minimum Gasteiger partial charge on any atom is -0.508 e. The van der Waals surface area contributed by atoms with Crippen LogP contribution < -0.4 is 10.2 Å². The van der Waals surface area contributed by atoms with Crippen LogP contribution in [-0.4, -0.2) is 20.9 Å². The molecule has 0 atom stereocenters. The molecule has 1 aliphatic heterocycles. The second-order valence-corrected chi connectivity index (χ2v) is 8.67. The molecule has 1 aliphatic carbocycles. The Bertz CT molecular complexity index is 1190. The molecule has 6 heteroatoms. The van der Waals surface area contributed by atoms with E-state index in [2.05, 4.69) is 6.58 Å². The summed E-state index contributed by atoms with van der Waals surface area (Å²) in [5.74, 6) is -0.575. The van der Waals surface area contributed by atoms with Crippen molar-refractivity contribution in [1.82, 2.24) is 0 Å². The molecule has 0 spiro atoms. The molecule has 6 nitrogen and oxygen atoms in total. The number of ether oxygens (including phenoxy) is 1. The van der Waals surface area contributed by atoms with Crippen LogP contribution in [0.4, 0.5) is 0 Å². The predicted molar refractivity (Wildman–Crippen MR) is 112 cm³/mol. The molecule has 2 heterocycles. The van der Waals surface area contributed by atoms with Crippen LogP contribution in [0.3, 0.4) is 0 Å². The Balaban J connectivity index is 2.25. The van der Waals surface area contributed by atoms with Gasteiger partial charge >= 0.3 is 0 Å². The number of phenolic OH excluding ortho intramolecular Hbond substituents is 1. The molecule has 152 valence electrons. The number of hydrogen-bond acceptors (Lipinski definition) is 6. The summed E-state index contributed by atoms with van der Waals surface area (Å²) in [7, 11) is 0. The lowest BCUT2D eigenvalue weighted by Crippen LogP contribution is -2.30. The van der Waals surface area contributed by atoms with Crippen molar-refractivity contribution in [2.24, 2.45) is 0 Å². The lowest BCUT2D eigenvalue weighted by molar-refractivity contribution is 0.155. The summed E-state index contributed by atoms with van der Waals surface area (Å²) in [4.78, 5) is 13.3. The molecule has 2 aliphatic rings. The lowest BCUT2D eigenvalue weighted by atomic mass is 9.80. The third-order valence-electron chi connectivity index (χ3n) is 5.67. The van der Waals surface area contributed by atoms with Gasteiger partial charge < -0.3 is 24.5 Å². The molecular weight excluding hydrogens is 372 g/mol. The predicted octanol–water partition coefficient (Wildman–Crippen LogP) is 4.88. The molecule has 3 N–H and O–H groups in total. The molecule has 0 bridgehead atoms. The molecule has 0 saturated heterocycles. The molecule has 0 radical (unpaired) electrons. The van der Waals surface area contributed by atoms with Gasteiger partial charge in [-0.15, -0.1) is 6.58 Å². The van der Waals surface area contributed by atoms with Crippen LogP contribution in [-0.2, 0) is 11.8 Å². The maximum atomic E-state index is 13.3. The third kappa shape index (κ3) is 2.66. The highest BCUT2D eigenvalue weighted by Crippen LogP contribution is 2.49. The van der Waals surface area contributed by atoms with E-state index in [-0.39, 0.29) is 46.6 Å². The third-order valence-corrected chi connectivity index (χ3v) is 5.67. The van der Waals surface area contributed by atoms with Crippen LogP contribution in [0.1, 0.15) is 56.6 Å². The number of rotatable bonds is 2. The summed E-state index contributed by atoms with van der Waals surface area (Å²) in [5, 5.41) is 31.3. The molecule has 0 saturated carbocycles. The highest BCUT2D eigenvalue weighted by atomic mass is 16.5. The minimum atomic E-state index is -0.683. The molecule has 0 unspecified atom stereocenters. The van der Waals surface area contributed by atoms with E-state index in [9.17, 15) is 20.1 Å². The fraction of sp³-hybridized carbons (Fsp3) is 0.348. The van der Waals surface area contributed by atoms with Gasteiger partial charge in [-0.3, -0.25) is 4.79 Å².